The number of unbranched alkanes of at least 4 members (excludes halogenated alkanes) is 8. The SMILES string of the molecule is CCCC[N+](CCCC)(CCCC)CCCC.CCCC[N+](CCCC)(CCCC)CCCC.[Cl][Ni-2]([Cl])([Cl])[Cl]. The monoisotopic (exact) mass is 682 g/mol. The first-order valence-electron chi connectivity index (χ1n) is 16.7. The van der Waals surface area contributed by atoms with Gasteiger partial charge >= 0.3 is 49.6 Å². The fourth-order valence-electron chi connectivity index (χ4n) is 5.29. The van der Waals surface area contributed by atoms with Gasteiger partial charge in [0.25, 0.3) is 0 Å². The fourth-order valence-corrected chi connectivity index (χ4v) is 5.29. The van der Waals surface area contributed by atoms with Crippen molar-refractivity contribution in [2.75, 3.05) is 52.4 Å². The molecule has 0 aromatic carbocycles. The minimum absolute atomic E-state index is 1.35. The average molecular weight is 685 g/mol. The van der Waals surface area contributed by atoms with Crippen LogP contribution >= 0.6 is 40.8 Å². The van der Waals surface area contributed by atoms with Crippen molar-refractivity contribution in [1.29, 1.82) is 0 Å². The minimum atomic E-state index is -2.36. The molecule has 0 amide bonds. The van der Waals surface area contributed by atoms with Crippen molar-refractivity contribution in [3.8, 4) is 0 Å². The summed E-state index contributed by atoms with van der Waals surface area (Å²) >= 11 is 0. The molecule has 0 aliphatic carbocycles. The van der Waals surface area contributed by atoms with Crippen molar-refractivity contribution in [2.24, 2.45) is 0 Å². The van der Waals surface area contributed by atoms with Crippen LogP contribution in [-0.2, 0) is 8.82 Å². The van der Waals surface area contributed by atoms with E-state index >= 15 is 0 Å². The summed E-state index contributed by atoms with van der Waals surface area (Å²) in [5.41, 5.74) is 0. The van der Waals surface area contributed by atoms with Crippen molar-refractivity contribution in [3.63, 3.8) is 0 Å². The van der Waals surface area contributed by atoms with Gasteiger partial charge in [0.05, 0.1) is 52.4 Å². The average Bonchev–Trinajstić information content (AvgIpc) is 2.91. The number of halogens is 4. The molecule has 0 rings (SSSR count). The Labute approximate surface area is 267 Å². The molecule has 0 spiro atoms. The number of rotatable bonds is 24. The molecule has 0 radical (unpaired) electrons. The summed E-state index contributed by atoms with van der Waals surface area (Å²) < 4.78 is 2.84. The van der Waals surface area contributed by atoms with Crippen LogP contribution in [0.4, 0.5) is 0 Å². The van der Waals surface area contributed by atoms with Crippen LogP contribution in [0.25, 0.3) is 0 Å². The topological polar surface area (TPSA) is 0 Å². The first-order chi connectivity index (χ1) is 18.5. The molecule has 0 aliphatic heterocycles. The van der Waals surface area contributed by atoms with Crippen molar-refractivity contribution < 1.29 is 17.8 Å². The molecule has 0 unspecified atom stereocenters. The van der Waals surface area contributed by atoms with Gasteiger partial charge in [-0.2, -0.15) is 0 Å². The van der Waals surface area contributed by atoms with Crippen molar-refractivity contribution in [3.05, 3.63) is 0 Å². The van der Waals surface area contributed by atoms with Crippen LogP contribution in [0.2, 0.25) is 0 Å². The molecule has 248 valence electrons. The van der Waals surface area contributed by atoms with Crippen LogP contribution in [0.3, 0.4) is 0 Å². The zero-order chi connectivity index (χ0) is 30.5. The molecular weight excluding hydrogens is 613 g/mol. The molecule has 0 fully saturated rings. The number of nitrogens with zero attached hydrogens (tertiary/aromatic N) is 2. The quantitative estimate of drug-likeness (QED) is 0.0701. The summed E-state index contributed by atoms with van der Waals surface area (Å²) in [5, 5.41) is 0. The van der Waals surface area contributed by atoms with Crippen LogP contribution in [0.5, 0.6) is 0 Å². The third-order valence-corrected chi connectivity index (χ3v) is 7.89. The second kappa shape index (κ2) is 31.0. The van der Waals surface area contributed by atoms with Gasteiger partial charge in [-0.3, -0.25) is 0 Å². The van der Waals surface area contributed by atoms with Gasteiger partial charge in [0.2, 0.25) is 0 Å². The van der Waals surface area contributed by atoms with Crippen LogP contribution in [-0.4, -0.2) is 61.3 Å². The van der Waals surface area contributed by atoms with E-state index in [1.807, 2.05) is 0 Å². The standard InChI is InChI=1S/2C16H36N.4ClH.Ni/c2*1-5-9-13-17(14-10-6-2,15-11-7-3)16-12-8-4;;;;;/h2*5-16H2,1-4H3;4*1H;/q2*+1;;;;;+2/p-4. The van der Waals surface area contributed by atoms with Gasteiger partial charge in [0.1, 0.15) is 0 Å². The summed E-state index contributed by atoms with van der Waals surface area (Å²) in [4.78, 5) is 0. The van der Waals surface area contributed by atoms with Crippen molar-refractivity contribution in [2.45, 2.75) is 158 Å². The van der Waals surface area contributed by atoms with Gasteiger partial charge in [-0.25, -0.2) is 0 Å². The molecule has 0 saturated heterocycles. The molecule has 0 N–H and O–H groups in total. The summed E-state index contributed by atoms with van der Waals surface area (Å²) in [7, 11) is 17.3. The van der Waals surface area contributed by atoms with Gasteiger partial charge < -0.3 is 8.97 Å². The van der Waals surface area contributed by atoms with Gasteiger partial charge in [-0.15, -0.1) is 0 Å². The van der Waals surface area contributed by atoms with E-state index in [4.69, 9.17) is 40.8 Å². The van der Waals surface area contributed by atoms with Gasteiger partial charge in [-0.1, -0.05) is 107 Å². The zero-order valence-electron chi connectivity index (χ0n) is 27.7. The van der Waals surface area contributed by atoms with E-state index in [1.54, 1.807) is 0 Å². The maximum atomic E-state index is 4.92. The zero-order valence-corrected chi connectivity index (χ0v) is 31.7. The van der Waals surface area contributed by atoms with Crippen LogP contribution in [0.15, 0.2) is 0 Å². The van der Waals surface area contributed by atoms with E-state index in [1.165, 1.54) is 164 Å². The Bertz CT molecular complexity index is 359. The predicted octanol–water partition coefficient (Wildman–Crippen LogP) is 12.8. The van der Waals surface area contributed by atoms with E-state index in [2.05, 4.69) is 55.4 Å². The van der Waals surface area contributed by atoms with E-state index in [9.17, 15) is 0 Å². The molecule has 0 aliphatic rings. The van der Waals surface area contributed by atoms with Gasteiger partial charge in [0, 0.05) is 0 Å². The number of hydrogen-bond acceptors (Lipinski definition) is 0. The summed E-state index contributed by atoms with van der Waals surface area (Å²) in [5.74, 6) is 0. The van der Waals surface area contributed by atoms with E-state index in [-0.39, 0.29) is 0 Å². The van der Waals surface area contributed by atoms with Gasteiger partial charge in [-0.05, 0) is 51.4 Å². The Hall–Kier alpha value is 1.57. The number of quaternary nitrogens is 2. The van der Waals surface area contributed by atoms with Gasteiger partial charge in [0.15, 0.2) is 0 Å². The number of hydrogen-bond donors (Lipinski definition) is 0. The van der Waals surface area contributed by atoms with Crippen LogP contribution < -0.4 is 0 Å². The molecule has 0 bridgehead atoms. The maximum absolute atomic E-state index is 4.92. The summed E-state index contributed by atoms with van der Waals surface area (Å²) in [6, 6.07) is 0. The molecule has 39 heavy (non-hydrogen) atoms. The first kappa shape index (κ1) is 45.0. The Balaban J connectivity index is -0.000000566. The van der Waals surface area contributed by atoms with Crippen molar-refractivity contribution >= 4 is 40.8 Å². The molecular formula is C32H72Cl4N2Ni. The molecule has 0 aromatic heterocycles. The molecule has 2 nitrogen and oxygen atoms in total. The van der Waals surface area contributed by atoms with E-state index < -0.39 is 8.82 Å². The Kier molecular flexibility index (Phi) is 35.8. The Morgan fingerprint density at radius 3 is 0.487 bits per heavy atom. The second-order valence-corrected chi connectivity index (χ2v) is 21.4. The van der Waals surface area contributed by atoms with Crippen LogP contribution in [0.1, 0.15) is 158 Å². The van der Waals surface area contributed by atoms with E-state index in [0.29, 0.717) is 0 Å². The second-order valence-electron chi connectivity index (χ2n) is 11.6. The van der Waals surface area contributed by atoms with E-state index in [0.717, 1.165) is 0 Å². The third kappa shape index (κ3) is 32.3. The summed E-state index contributed by atoms with van der Waals surface area (Å²) in [6.07, 6.45) is 22.1. The normalized spacial score (nSPS) is 12.4. The molecule has 0 heterocycles. The first-order valence-corrected chi connectivity index (χ1v) is 22.1. The van der Waals surface area contributed by atoms with Crippen molar-refractivity contribution in [1.82, 2.24) is 0 Å². The third-order valence-electron chi connectivity index (χ3n) is 7.89. The molecule has 0 saturated carbocycles. The molecule has 0 atom stereocenters. The summed E-state index contributed by atoms with van der Waals surface area (Å²) in [6.45, 7) is 30.0. The molecule has 0 aromatic rings. The Morgan fingerprint density at radius 1 is 0.308 bits per heavy atom. The predicted molar refractivity (Wildman–Crippen MR) is 182 cm³/mol. The Morgan fingerprint density at radius 2 is 0.410 bits per heavy atom. The van der Waals surface area contributed by atoms with Crippen LogP contribution in [0, 0.1) is 0 Å². The molecule has 7 heteroatoms. The fraction of sp³-hybridized carbons (Fsp3) is 1.00.